The Labute approximate surface area is 94.5 Å². The van der Waals surface area contributed by atoms with Crippen molar-refractivity contribution in [2.24, 2.45) is 0 Å². The summed E-state index contributed by atoms with van der Waals surface area (Å²) in [5.74, 6) is -0.285. The molecule has 1 rings (SSSR count). The lowest BCUT2D eigenvalue weighted by Crippen LogP contribution is -2.26. The summed E-state index contributed by atoms with van der Waals surface area (Å²) in [6, 6.07) is 0. The van der Waals surface area contributed by atoms with Gasteiger partial charge in [-0.1, -0.05) is 0 Å². The largest absolute Gasteiger partial charge is 0.374 e. The van der Waals surface area contributed by atoms with Crippen LogP contribution in [-0.4, -0.2) is 34.6 Å². The molecule has 0 aliphatic heterocycles. The molecular weight excluding hydrogens is 276 g/mol. The summed E-state index contributed by atoms with van der Waals surface area (Å²) in [4.78, 5) is 42.1. The average Bonchev–Trinajstić information content (AvgIpc) is 2.14. The van der Waals surface area contributed by atoms with Crippen molar-refractivity contribution in [1.82, 2.24) is 9.97 Å². The van der Waals surface area contributed by atoms with Crippen molar-refractivity contribution in [2.75, 3.05) is 5.73 Å². The standard InChI is InChI=1S/C5H9N3O7P2/c6-4-7-1-3(2-8-4)5(9,16(10,11)12)17(13,14)15/h1-2,9H,(H2,6,7,8)(H2,10,11,12)(H2,13,14,15). The first kappa shape index (κ1) is 14.2. The summed E-state index contributed by atoms with van der Waals surface area (Å²) in [6.07, 6.45) is 1.25. The molecule has 0 aliphatic rings. The van der Waals surface area contributed by atoms with E-state index >= 15 is 0 Å². The molecule has 7 N–H and O–H groups in total. The first-order chi connectivity index (χ1) is 7.50. The first-order valence-corrected chi connectivity index (χ1v) is 7.14. The lowest BCUT2D eigenvalue weighted by Gasteiger charge is -2.28. The van der Waals surface area contributed by atoms with Crippen molar-refractivity contribution < 1.29 is 33.8 Å². The molecule has 0 aromatic carbocycles. The number of anilines is 1. The molecule has 10 nitrogen and oxygen atoms in total. The van der Waals surface area contributed by atoms with Crippen molar-refractivity contribution >= 4 is 21.1 Å². The summed E-state index contributed by atoms with van der Waals surface area (Å²) in [6.45, 7) is 0. The van der Waals surface area contributed by atoms with Gasteiger partial charge in [0.25, 0.3) is 5.08 Å². The molecule has 0 unspecified atom stereocenters. The number of hydrogen-bond donors (Lipinski definition) is 6. The van der Waals surface area contributed by atoms with Crippen molar-refractivity contribution in [1.29, 1.82) is 0 Å². The molecule has 96 valence electrons. The van der Waals surface area contributed by atoms with Crippen molar-refractivity contribution in [3.63, 3.8) is 0 Å². The van der Waals surface area contributed by atoms with Gasteiger partial charge in [0.15, 0.2) is 0 Å². The fourth-order valence-corrected chi connectivity index (χ4v) is 3.28. The average molecular weight is 285 g/mol. The number of aliphatic hydroxyl groups is 1. The van der Waals surface area contributed by atoms with Crippen molar-refractivity contribution in [3.05, 3.63) is 18.0 Å². The van der Waals surface area contributed by atoms with Crippen LogP contribution in [0.25, 0.3) is 0 Å². The molecule has 0 radical (unpaired) electrons. The van der Waals surface area contributed by atoms with Gasteiger partial charge >= 0.3 is 15.2 Å². The highest BCUT2D eigenvalue weighted by atomic mass is 31.2. The van der Waals surface area contributed by atoms with E-state index in [4.69, 9.17) is 25.3 Å². The predicted molar refractivity (Wildman–Crippen MR) is 54.4 cm³/mol. The van der Waals surface area contributed by atoms with Gasteiger partial charge in [0.05, 0.1) is 0 Å². The van der Waals surface area contributed by atoms with Crippen LogP contribution in [0, 0.1) is 0 Å². The third-order valence-corrected chi connectivity index (χ3v) is 5.58. The quantitative estimate of drug-likeness (QED) is 0.357. The van der Waals surface area contributed by atoms with E-state index in [1.54, 1.807) is 0 Å². The Morgan fingerprint density at radius 1 is 1.06 bits per heavy atom. The van der Waals surface area contributed by atoms with Crippen LogP contribution in [0.15, 0.2) is 12.4 Å². The van der Waals surface area contributed by atoms with Crippen LogP contribution in [0.2, 0.25) is 0 Å². The number of nitrogen functional groups attached to an aromatic ring is 1. The van der Waals surface area contributed by atoms with E-state index in [9.17, 15) is 14.2 Å². The first-order valence-electron chi connectivity index (χ1n) is 3.92. The molecule has 1 heterocycles. The SMILES string of the molecule is Nc1ncc(C(O)(P(=O)(O)O)P(=O)(O)O)cn1. The van der Waals surface area contributed by atoms with Crippen LogP contribution >= 0.6 is 15.2 Å². The molecule has 0 fully saturated rings. The number of nitrogens with two attached hydrogens (primary N) is 1. The van der Waals surface area contributed by atoms with Gasteiger partial charge in [-0.05, 0) is 0 Å². The molecule has 1 aromatic heterocycles. The van der Waals surface area contributed by atoms with Gasteiger partial charge in [0.1, 0.15) is 0 Å². The fraction of sp³-hybridized carbons (Fsp3) is 0.200. The Hall–Kier alpha value is -0.860. The monoisotopic (exact) mass is 285 g/mol. The van der Waals surface area contributed by atoms with E-state index in [0.717, 1.165) is 0 Å². The van der Waals surface area contributed by atoms with Gasteiger partial charge in [-0.15, -0.1) is 0 Å². The molecule has 0 saturated carbocycles. The van der Waals surface area contributed by atoms with Gasteiger partial charge in [0, 0.05) is 18.0 Å². The van der Waals surface area contributed by atoms with E-state index in [2.05, 4.69) is 9.97 Å². The number of rotatable bonds is 3. The zero-order valence-electron chi connectivity index (χ0n) is 8.07. The Morgan fingerprint density at radius 2 is 1.41 bits per heavy atom. The maximum absolute atomic E-state index is 11.1. The Kier molecular flexibility index (Phi) is 3.43. The maximum Gasteiger partial charge on any atom is 0.374 e. The zero-order chi connectivity index (χ0) is 13.5. The second-order valence-corrected chi connectivity index (χ2v) is 6.88. The van der Waals surface area contributed by atoms with Gasteiger partial charge < -0.3 is 30.4 Å². The van der Waals surface area contributed by atoms with E-state index in [1.807, 2.05) is 0 Å². The highest BCUT2D eigenvalue weighted by Crippen LogP contribution is 2.72. The molecular formula is C5H9N3O7P2. The second-order valence-electron chi connectivity index (χ2n) is 3.05. The summed E-state index contributed by atoms with van der Waals surface area (Å²) in [5, 5.41) is 5.91. The van der Waals surface area contributed by atoms with Crippen LogP contribution in [0.1, 0.15) is 5.56 Å². The van der Waals surface area contributed by atoms with Gasteiger partial charge in [0.2, 0.25) is 5.95 Å². The normalized spacial score (nSPS) is 13.7. The molecule has 0 atom stereocenters. The predicted octanol–water partition coefficient (Wildman–Crippen LogP) is -1.48. The van der Waals surface area contributed by atoms with Crippen molar-refractivity contribution in [3.8, 4) is 0 Å². The Balaban J connectivity index is 3.52. The van der Waals surface area contributed by atoms with Gasteiger partial charge in [-0.25, -0.2) is 9.97 Å². The molecule has 0 spiro atoms. The van der Waals surface area contributed by atoms with Crippen LogP contribution in [0.3, 0.4) is 0 Å². The van der Waals surface area contributed by atoms with Gasteiger partial charge in [-0.2, -0.15) is 0 Å². The summed E-state index contributed by atoms with van der Waals surface area (Å²) in [5.41, 5.74) is 4.27. The summed E-state index contributed by atoms with van der Waals surface area (Å²) >= 11 is 0. The topological polar surface area (TPSA) is 187 Å². The minimum absolute atomic E-state index is 0.285. The molecule has 12 heteroatoms. The third-order valence-electron chi connectivity index (χ3n) is 1.87. The Morgan fingerprint density at radius 3 is 1.71 bits per heavy atom. The van der Waals surface area contributed by atoms with Crippen LogP contribution in [0.4, 0.5) is 5.95 Å². The van der Waals surface area contributed by atoms with E-state index in [0.29, 0.717) is 12.4 Å². The molecule has 1 aromatic rings. The Bertz CT molecular complexity index is 483. The van der Waals surface area contributed by atoms with Crippen LogP contribution in [-0.2, 0) is 14.2 Å². The number of hydrogen-bond acceptors (Lipinski definition) is 6. The molecule has 17 heavy (non-hydrogen) atoms. The molecule has 0 saturated heterocycles. The molecule has 0 bridgehead atoms. The molecule has 0 amide bonds. The minimum Gasteiger partial charge on any atom is -0.368 e. The summed E-state index contributed by atoms with van der Waals surface area (Å²) in [7, 11) is -11.1. The molecule has 0 aliphatic carbocycles. The van der Waals surface area contributed by atoms with Crippen LogP contribution in [0.5, 0.6) is 0 Å². The summed E-state index contributed by atoms with van der Waals surface area (Å²) < 4.78 is 22.1. The lowest BCUT2D eigenvalue weighted by molar-refractivity contribution is 0.130. The van der Waals surface area contributed by atoms with E-state index < -0.39 is 25.8 Å². The zero-order valence-corrected chi connectivity index (χ0v) is 9.86. The highest BCUT2D eigenvalue weighted by Gasteiger charge is 2.61. The third kappa shape index (κ3) is 2.38. The highest BCUT2D eigenvalue weighted by molar-refractivity contribution is 7.71. The van der Waals surface area contributed by atoms with E-state index in [1.165, 1.54) is 0 Å². The maximum atomic E-state index is 11.1. The number of nitrogens with zero attached hydrogens (tertiary/aromatic N) is 2. The smallest absolute Gasteiger partial charge is 0.368 e. The van der Waals surface area contributed by atoms with Gasteiger partial charge in [-0.3, -0.25) is 9.13 Å². The van der Waals surface area contributed by atoms with Crippen molar-refractivity contribution in [2.45, 2.75) is 5.08 Å². The van der Waals surface area contributed by atoms with E-state index in [-0.39, 0.29) is 5.95 Å². The fourth-order valence-electron chi connectivity index (χ4n) is 1.02. The minimum atomic E-state index is -5.57. The number of aromatic nitrogens is 2. The lowest BCUT2D eigenvalue weighted by atomic mass is 10.3. The van der Waals surface area contributed by atoms with Crippen LogP contribution < -0.4 is 5.73 Å². The second kappa shape index (κ2) is 4.11.